The van der Waals surface area contributed by atoms with Crippen LogP contribution in [0.5, 0.6) is 17.2 Å². The zero-order chi connectivity index (χ0) is 15.9. The van der Waals surface area contributed by atoms with E-state index in [0.29, 0.717) is 22.3 Å². The van der Waals surface area contributed by atoms with E-state index >= 15 is 0 Å². The molecule has 6 heteroatoms. The van der Waals surface area contributed by atoms with Crippen molar-refractivity contribution in [3.63, 3.8) is 0 Å². The quantitative estimate of drug-likeness (QED) is 0.649. The summed E-state index contributed by atoms with van der Waals surface area (Å²) in [5, 5.41) is 4.86. The zero-order valence-electron chi connectivity index (χ0n) is 12.6. The van der Waals surface area contributed by atoms with Gasteiger partial charge in [-0.3, -0.25) is 5.43 Å². The molecule has 0 atom stereocenters. The van der Waals surface area contributed by atoms with Crippen LogP contribution in [-0.2, 0) is 0 Å². The van der Waals surface area contributed by atoms with E-state index in [-0.39, 0.29) is 0 Å². The summed E-state index contributed by atoms with van der Waals surface area (Å²) in [5.74, 6) is 1.69. The van der Waals surface area contributed by atoms with Crippen LogP contribution in [0.1, 0.15) is 5.56 Å². The second-order valence-corrected chi connectivity index (χ2v) is 4.74. The van der Waals surface area contributed by atoms with Crippen LogP contribution in [0.4, 0.5) is 5.69 Å². The minimum absolute atomic E-state index is 0.528. The number of hydrogen-bond donors (Lipinski definition) is 1. The first-order valence-corrected chi connectivity index (χ1v) is 6.91. The Kier molecular flexibility index (Phi) is 5.49. The lowest BCUT2D eigenvalue weighted by atomic mass is 10.2. The van der Waals surface area contributed by atoms with Crippen LogP contribution in [0.2, 0.25) is 5.02 Å². The van der Waals surface area contributed by atoms with E-state index in [4.69, 9.17) is 25.8 Å². The van der Waals surface area contributed by atoms with E-state index in [2.05, 4.69) is 10.5 Å². The molecule has 2 aromatic carbocycles. The van der Waals surface area contributed by atoms with Gasteiger partial charge in [0.25, 0.3) is 0 Å². The van der Waals surface area contributed by atoms with E-state index in [0.717, 1.165) is 11.3 Å². The van der Waals surface area contributed by atoms with Crippen LogP contribution < -0.4 is 19.6 Å². The molecule has 0 radical (unpaired) electrons. The predicted molar refractivity (Wildman–Crippen MR) is 88.8 cm³/mol. The second-order valence-electron chi connectivity index (χ2n) is 4.30. The number of methoxy groups -OCH3 is 3. The fraction of sp³-hybridized carbons (Fsp3) is 0.188. The van der Waals surface area contributed by atoms with Crippen molar-refractivity contribution >= 4 is 23.5 Å². The number of hydrazone groups is 1. The van der Waals surface area contributed by atoms with Gasteiger partial charge in [-0.15, -0.1) is 0 Å². The number of nitrogens with zero attached hydrogens (tertiary/aromatic N) is 1. The lowest BCUT2D eigenvalue weighted by Gasteiger charge is -2.13. The summed E-state index contributed by atoms with van der Waals surface area (Å²) in [5.41, 5.74) is 4.52. The van der Waals surface area contributed by atoms with E-state index in [1.807, 2.05) is 18.2 Å². The average Bonchev–Trinajstić information content (AvgIpc) is 2.55. The highest BCUT2D eigenvalue weighted by Crippen LogP contribution is 2.38. The normalized spacial score (nSPS) is 10.5. The van der Waals surface area contributed by atoms with Crippen LogP contribution in [0.3, 0.4) is 0 Å². The molecule has 0 fully saturated rings. The molecule has 2 aromatic rings. The topological polar surface area (TPSA) is 52.1 Å². The summed E-state index contributed by atoms with van der Waals surface area (Å²) >= 11 is 5.83. The van der Waals surface area contributed by atoms with E-state index in [1.54, 1.807) is 45.7 Å². The lowest BCUT2D eigenvalue weighted by Crippen LogP contribution is -1.99. The van der Waals surface area contributed by atoms with Crippen molar-refractivity contribution in [2.45, 2.75) is 0 Å². The van der Waals surface area contributed by atoms with Crippen LogP contribution in [0.25, 0.3) is 0 Å². The Bertz CT molecular complexity index is 657. The molecule has 0 bridgehead atoms. The van der Waals surface area contributed by atoms with Gasteiger partial charge in [0.2, 0.25) is 5.75 Å². The third-order valence-corrected chi connectivity index (χ3v) is 3.23. The molecular formula is C16H17ClN2O3. The van der Waals surface area contributed by atoms with Gasteiger partial charge in [0.05, 0.1) is 33.2 Å². The van der Waals surface area contributed by atoms with E-state index in [1.165, 1.54) is 0 Å². The number of hydrogen-bond acceptors (Lipinski definition) is 5. The first kappa shape index (κ1) is 16.0. The second kappa shape index (κ2) is 7.56. The number of nitrogens with one attached hydrogen (secondary N) is 1. The van der Waals surface area contributed by atoms with Crippen molar-refractivity contribution in [3.05, 3.63) is 47.0 Å². The molecule has 116 valence electrons. The minimum Gasteiger partial charge on any atom is -0.493 e. The maximum Gasteiger partial charge on any atom is 0.203 e. The minimum atomic E-state index is 0.528. The van der Waals surface area contributed by atoms with Crippen molar-refractivity contribution in [1.82, 2.24) is 0 Å². The van der Waals surface area contributed by atoms with E-state index in [9.17, 15) is 0 Å². The highest BCUT2D eigenvalue weighted by atomic mass is 35.5. The highest BCUT2D eigenvalue weighted by Gasteiger charge is 2.14. The van der Waals surface area contributed by atoms with Crippen molar-refractivity contribution < 1.29 is 14.2 Å². The summed E-state index contributed by atoms with van der Waals surface area (Å²) < 4.78 is 16.0. The predicted octanol–water partition coefficient (Wildman–Crippen LogP) is 3.81. The largest absolute Gasteiger partial charge is 0.493 e. The SMILES string of the molecule is COc1ccc(/C=N\Nc2ccc(Cl)cc2)c(OC)c1OC. The van der Waals surface area contributed by atoms with E-state index < -0.39 is 0 Å². The van der Waals surface area contributed by atoms with Gasteiger partial charge in [0, 0.05) is 10.6 Å². The van der Waals surface area contributed by atoms with Gasteiger partial charge in [0.1, 0.15) is 0 Å². The molecule has 0 unspecified atom stereocenters. The number of ether oxygens (including phenoxy) is 3. The Morgan fingerprint density at radius 1 is 0.909 bits per heavy atom. The number of benzene rings is 2. The van der Waals surface area contributed by atoms with Crippen LogP contribution in [-0.4, -0.2) is 27.5 Å². The van der Waals surface area contributed by atoms with Crippen LogP contribution >= 0.6 is 11.6 Å². The summed E-state index contributed by atoms with van der Waals surface area (Å²) in [6.45, 7) is 0. The fourth-order valence-corrected chi connectivity index (χ4v) is 2.05. The summed E-state index contributed by atoms with van der Waals surface area (Å²) in [7, 11) is 4.71. The van der Waals surface area contributed by atoms with Gasteiger partial charge in [-0.2, -0.15) is 5.10 Å². The molecule has 0 aliphatic heterocycles. The maximum atomic E-state index is 5.83. The third kappa shape index (κ3) is 3.62. The van der Waals surface area contributed by atoms with Crippen LogP contribution in [0, 0.1) is 0 Å². The summed E-state index contributed by atoms with van der Waals surface area (Å²) in [4.78, 5) is 0. The Hall–Kier alpha value is -2.40. The molecule has 0 heterocycles. The van der Waals surface area contributed by atoms with Gasteiger partial charge < -0.3 is 14.2 Å². The average molecular weight is 321 g/mol. The van der Waals surface area contributed by atoms with Crippen molar-refractivity contribution in [1.29, 1.82) is 0 Å². The molecule has 0 aliphatic rings. The van der Waals surface area contributed by atoms with Gasteiger partial charge in [-0.25, -0.2) is 0 Å². The molecule has 0 amide bonds. The van der Waals surface area contributed by atoms with Gasteiger partial charge >= 0.3 is 0 Å². The molecule has 5 nitrogen and oxygen atoms in total. The van der Waals surface area contributed by atoms with Gasteiger partial charge in [-0.05, 0) is 36.4 Å². The Morgan fingerprint density at radius 3 is 2.18 bits per heavy atom. The molecule has 2 rings (SSSR count). The number of anilines is 1. The summed E-state index contributed by atoms with van der Waals surface area (Å²) in [6, 6.07) is 10.9. The number of rotatable bonds is 6. The molecule has 0 aromatic heterocycles. The smallest absolute Gasteiger partial charge is 0.203 e. The zero-order valence-corrected chi connectivity index (χ0v) is 13.3. The van der Waals surface area contributed by atoms with Crippen molar-refractivity contribution in [2.24, 2.45) is 5.10 Å². The molecule has 0 spiro atoms. The highest BCUT2D eigenvalue weighted by molar-refractivity contribution is 6.30. The van der Waals surface area contributed by atoms with Gasteiger partial charge in [-0.1, -0.05) is 11.6 Å². The third-order valence-electron chi connectivity index (χ3n) is 2.98. The monoisotopic (exact) mass is 320 g/mol. The van der Waals surface area contributed by atoms with Gasteiger partial charge in [0.15, 0.2) is 11.5 Å². The van der Waals surface area contributed by atoms with Crippen LogP contribution in [0.15, 0.2) is 41.5 Å². The Labute approximate surface area is 134 Å². The Morgan fingerprint density at radius 2 is 1.59 bits per heavy atom. The lowest BCUT2D eigenvalue weighted by molar-refractivity contribution is 0.324. The first-order chi connectivity index (χ1) is 10.7. The fourth-order valence-electron chi connectivity index (χ4n) is 1.93. The molecule has 22 heavy (non-hydrogen) atoms. The summed E-state index contributed by atoms with van der Waals surface area (Å²) in [6.07, 6.45) is 1.65. The molecule has 0 saturated carbocycles. The molecule has 0 aliphatic carbocycles. The molecule has 0 saturated heterocycles. The Balaban J connectivity index is 2.21. The number of halogens is 1. The first-order valence-electron chi connectivity index (χ1n) is 6.53. The maximum absolute atomic E-state index is 5.83. The standard InChI is InChI=1S/C16H17ClN2O3/c1-20-14-9-4-11(15(21-2)16(14)22-3)10-18-19-13-7-5-12(17)6-8-13/h4-10,19H,1-3H3/b18-10-. The van der Waals surface area contributed by atoms with Crippen molar-refractivity contribution in [3.8, 4) is 17.2 Å². The van der Waals surface area contributed by atoms with Crippen molar-refractivity contribution in [2.75, 3.05) is 26.8 Å². The molecule has 1 N–H and O–H groups in total. The molecular weight excluding hydrogens is 304 g/mol.